The fraction of sp³-hybridized carbons (Fsp3) is 0.286. The molecule has 0 spiro atoms. The normalized spacial score (nSPS) is 18.9. The van der Waals surface area contributed by atoms with Gasteiger partial charge in [0, 0.05) is 6.54 Å². The number of carbonyl (C=O) groups is 1. The predicted molar refractivity (Wildman–Crippen MR) is 99.9 cm³/mol. The van der Waals surface area contributed by atoms with Crippen LogP contribution in [0, 0.1) is 0 Å². The van der Waals surface area contributed by atoms with Crippen molar-refractivity contribution in [2.75, 3.05) is 27.9 Å². The number of methoxy groups -OCH3 is 3. The summed E-state index contributed by atoms with van der Waals surface area (Å²) in [6.07, 6.45) is 1.75. The van der Waals surface area contributed by atoms with E-state index in [1.54, 1.807) is 27.4 Å². The zero-order valence-electron chi connectivity index (χ0n) is 15.3. The van der Waals surface area contributed by atoms with Crippen LogP contribution in [0.1, 0.15) is 23.1 Å². The first-order chi connectivity index (χ1) is 12.6. The molecule has 26 heavy (non-hydrogen) atoms. The lowest BCUT2D eigenvalue weighted by Gasteiger charge is -2.47. The van der Waals surface area contributed by atoms with Crippen molar-refractivity contribution < 1.29 is 19.0 Å². The lowest BCUT2D eigenvalue weighted by Crippen LogP contribution is -2.53. The van der Waals surface area contributed by atoms with Crippen LogP contribution >= 0.6 is 0 Å². The summed E-state index contributed by atoms with van der Waals surface area (Å²) in [5.41, 5.74) is 1.97. The van der Waals surface area contributed by atoms with Gasteiger partial charge in [-0.3, -0.25) is 4.79 Å². The summed E-state index contributed by atoms with van der Waals surface area (Å²) in [7, 11) is 4.82. The Morgan fingerprint density at radius 1 is 0.962 bits per heavy atom. The van der Waals surface area contributed by atoms with Crippen molar-refractivity contribution in [1.29, 1.82) is 0 Å². The summed E-state index contributed by atoms with van der Waals surface area (Å²) < 4.78 is 15.9. The number of likely N-dealkylation sites (tertiary alicyclic amines) is 1. The Bertz CT molecular complexity index is 800. The molecule has 0 aliphatic carbocycles. The fourth-order valence-electron chi connectivity index (χ4n) is 3.44. The number of rotatable bonds is 7. The zero-order valence-corrected chi connectivity index (χ0v) is 15.3. The molecule has 3 rings (SSSR count). The first kappa shape index (κ1) is 17.9. The van der Waals surface area contributed by atoms with Crippen molar-refractivity contribution in [1.82, 2.24) is 4.90 Å². The quantitative estimate of drug-likeness (QED) is 0.564. The largest absolute Gasteiger partial charge is 0.497 e. The molecule has 1 fully saturated rings. The average molecular weight is 353 g/mol. The standard InChI is InChI=1S/C21H23NO4/c1-5-12-22-20(14-6-9-16(24-2)10-7-14)19(21(22)23)15-8-11-17(25-3)18(13-15)26-4/h5-11,13,19-20H,1,12H2,2-4H3/t19-,20-/m1/s1. The highest BCUT2D eigenvalue weighted by atomic mass is 16.5. The van der Waals surface area contributed by atoms with E-state index < -0.39 is 0 Å². The highest BCUT2D eigenvalue weighted by Gasteiger charge is 2.48. The van der Waals surface area contributed by atoms with Gasteiger partial charge in [0.1, 0.15) is 5.75 Å². The molecule has 0 unspecified atom stereocenters. The van der Waals surface area contributed by atoms with Gasteiger partial charge in [0.2, 0.25) is 5.91 Å². The lowest BCUT2D eigenvalue weighted by atomic mass is 9.77. The van der Waals surface area contributed by atoms with Gasteiger partial charge in [-0.05, 0) is 35.4 Å². The second-order valence-electron chi connectivity index (χ2n) is 6.09. The number of benzene rings is 2. The second-order valence-corrected chi connectivity index (χ2v) is 6.09. The molecule has 1 aliphatic heterocycles. The monoisotopic (exact) mass is 353 g/mol. The molecule has 5 heteroatoms. The number of hydrogen-bond donors (Lipinski definition) is 0. The Balaban J connectivity index is 1.98. The Morgan fingerprint density at radius 2 is 1.62 bits per heavy atom. The van der Waals surface area contributed by atoms with Gasteiger partial charge in [0.15, 0.2) is 11.5 Å². The Kier molecular flexibility index (Phi) is 5.16. The number of ether oxygens (including phenoxy) is 3. The van der Waals surface area contributed by atoms with Crippen molar-refractivity contribution in [3.63, 3.8) is 0 Å². The summed E-state index contributed by atoms with van der Waals surface area (Å²) in [6.45, 7) is 4.28. The third-order valence-electron chi connectivity index (χ3n) is 4.75. The van der Waals surface area contributed by atoms with Crippen molar-refractivity contribution in [2.45, 2.75) is 12.0 Å². The van der Waals surface area contributed by atoms with E-state index in [1.165, 1.54) is 0 Å². The smallest absolute Gasteiger partial charge is 0.233 e. The topological polar surface area (TPSA) is 48.0 Å². The Labute approximate surface area is 153 Å². The van der Waals surface area contributed by atoms with E-state index in [2.05, 4.69) is 6.58 Å². The molecule has 0 radical (unpaired) electrons. The number of amides is 1. The van der Waals surface area contributed by atoms with E-state index in [0.717, 1.165) is 16.9 Å². The minimum Gasteiger partial charge on any atom is -0.497 e. The van der Waals surface area contributed by atoms with Gasteiger partial charge >= 0.3 is 0 Å². The van der Waals surface area contributed by atoms with Crippen molar-refractivity contribution in [2.24, 2.45) is 0 Å². The molecule has 1 saturated heterocycles. The SMILES string of the molecule is C=CCN1C(=O)[C@H](c2ccc(OC)c(OC)c2)[C@H]1c1ccc(OC)cc1. The predicted octanol–water partition coefficient (Wildman–Crippen LogP) is 3.57. The van der Waals surface area contributed by atoms with Crippen molar-refractivity contribution in [3.8, 4) is 17.2 Å². The molecular weight excluding hydrogens is 330 g/mol. The Morgan fingerprint density at radius 3 is 2.19 bits per heavy atom. The molecule has 0 saturated carbocycles. The van der Waals surface area contributed by atoms with Gasteiger partial charge in [0.05, 0.1) is 33.3 Å². The molecule has 1 amide bonds. The maximum absolute atomic E-state index is 12.8. The Hall–Kier alpha value is -2.95. The van der Waals surface area contributed by atoms with Crippen LogP contribution in [-0.2, 0) is 4.79 Å². The molecule has 136 valence electrons. The van der Waals surface area contributed by atoms with E-state index in [0.29, 0.717) is 18.0 Å². The summed E-state index contributed by atoms with van der Waals surface area (Å²) >= 11 is 0. The number of hydrogen-bond acceptors (Lipinski definition) is 4. The average Bonchev–Trinajstić information content (AvgIpc) is 2.69. The lowest BCUT2D eigenvalue weighted by molar-refractivity contribution is -0.149. The molecule has 1 heterocycles. The van der Waals surface area contributed by atoms with E-state index in [4.69, 9.17) is 14.2 Å². The van der Waals surface area contributed by atoms with Crippen LogP contribution in [0.3, 0.4) is 0 Å². The van der Waals surface area contributed by atoms with Crippen LogP contribution in [-0.4, -0.2) is 38.7 Å². The second kappa shape index (κ2) is 7.52. The molecular formula is C21H23NO4. The molecule has 0 bridgehead atoms. The summed E-state index contributed by atoms with van der Waals surface area (Å²) in [5.74, 6) is 1.87. The molecule has 5 nitrogen and oxygen atoms in total. The molecule has 1 aliphatic rings. The molecule has 0 N–H and O–H groups in total. The molecule has 2 atom stereocenters. The van der Waals surface area contributed by atoms with Crippen LogP contribution in [0.4, 0.5) is 0 Å². The highest BCUT2D eigenvalue weighted by molar-refractivity contribution is 5.92. The number of β-lactam (4-membered cyclic amide) rings is 1. The van der Waals surface area contributed by atoms with Crippen LogP contribution < -0.4 is 14.2 Å². The first-order valence-electron chi connectivity index (χ1n) is 8.41. The van der Waals surface area contributed by atoms with Crippen molar-refractivity contribution >= 4 is 5.91 Å². The molecule has 2 aromatic rings. The van der Waals surface area contributed by atoms with E-state index in [9.17, 15) is 4.79 Å². The molecule has 0 aromatic heterocycles. The van der Waals surface area contributed by atoms with Gasteiger partial charge in [-0.15, -0.1) is 6.58 Å². The van der Waals surface area contributed by atoms with Crippen LogP contribution in [0.15, 0.2) is 55.1 Å². The summed E-state index contributed by atoms with van der Waals surface area (Å²) in [4.78, 5) is 14.6. The third kappa shape index (κ3) is 3.01. The van der Waals surface area contributed by atoms with Gasteiger partial charge in [-0.2, -0.15) is 0 Å². The van der Waals surface area contributed by atoms with Gasteiger partial charge in [0.25, 0.3) is 0 Å². The summed E-state index contributed by atoms with van der Waals surface area (Å²) in [5, 5.41) is 0. The van der Waals surface area contributed by atoms with Gasteiger partial charge in [-0.25, -0.2) is 0 Å². The van der Waals surface area contributed by atoms with Crippen LogP contribution in [0.25, 0.3) is 0 Å². The number of nitrogens with zero attached hydrogens (tertiary/aromatic N) is 1. The van der Waals surface area contributed by atoms with Crippen LogP contribution in [0.2, 0.25) is 0 Å². The minimum atomic E-state index is -0.261. The van der Waals surface area contributed by atoms with Crippen LogP contribution in [0.5, 0.6) is 17.2 Å². The number of carbonyl (C=O) groups excluding carboxylic acids is 1. The summed E-state index contributed by atoms with van der Waals surface area (Å²) in [6, 6.07) is 13.4. The third-order valence-corrected chi connectivity index (χ3v) is 4.75. The van der Waals surface area contributed by atoms with Gasteiger partial charge in [-0.1, -0.05) is 24.3 Å². The maximum atomic E-state index is 12.8. The highest BCUT2D eigenvalue weighted by Crippen LogP contribution is 2.48. The van der Waals surface area contributed by atoms with E-state index >= 15 is 0 Å². The molecule has 2 aromatic carbocycles. The zero-order chi connectivity index (χ0) is 18.7. The van der Waals surface area contributed by atoms with E-state index in [-0.39, 0.29) is 17.9 Å². The first-order valence-corrected chi connectivity index (χ1v) is 8.41. The fourth-order valence-corrected chi connectivity index (χ4v) is 3.44. The maximum Gasteiger partial charge on any atom is 0.233 e. The van der Waals surface area contributed by atoms with Crippen molar-refractivity contribution in [3.05, 3.63) is 66.2 Å². The van der Waals surface area contributed by atoms with Gasteiger partial charge < -0.3 is 19.1 Å². The van der Waals surface area contributed by atoms with E-state index in [1.807, 2.05) is 47.4 Å². The minimum absolute atomic E-state index is 0.0514.